The van der Waals surface area contributed by atoms with Crippen LogP contribution in [0.1, 0.15) is 6.42 Å². The van der Waals surface area contributed by atoms with Gasteiger partial charge in [-0.2, -0.15) is 0 Å². The van der Waals surface area contributed by atoms with Crippen molar-refractivity contribution in [3.63, 3.8) is 0 Å². The van der Waals surface area contributed by atoms with Crippen LogP contribution in [0.15, 0.2) is 0 Å². The lowest BCUT2D eigenvalue weighted by Gasteiger charge is -2.17. The topological polar surface area (TPSA) is 0 Å². The number of hydrogen-bond acceptors (Lipinski definition) is 2. The minimum Gasteiger partial charge on any atom is -0.146 e. The maximum absolute atomic E-state index is 5.64. The molecule has 0 bridgehead atoms. The molecule has 1 heterocycles. The second kappa shape index (κ2) is 3.91. The third kappa shape index (κ3) is 2.08. The Labute approximate surface area is 63.7 Å². The summed E-state index contributed by atoms with van der Waals surface area (Å²) in [5, 5.41) is 0. The van der Waals surface area contributed by atoms with Gasteiger partial charge in [0.15, 0.2) is 0 Å². The van der Waals surface area contributed by atoms with Crippen molar-refractivity contribution >= 4 is 35.1 Å². The van der Waals surface area contributed by atoms with Gasteiger partial charge in [0.1, 0.15) is 0 Å². The SMILES string of the molecule is ClCC1SCCCS1. The first-order valence-corrected chi connectivity index (χ1v) is 5.36. The van der Waals surface area contributed by atoms with Crippen molar-refractivity contribution in [3.8, 4) is 0 Å². The second-order valence-corrected chi connectivity index (χ2v) is 4.91. The third-order valence-electron chi connectivity index (χ3n) is 1.02. The summed E-state index contributed by atoms with van der Waals surface area (Å²) in [5.41, 5.74) is 0. The quantitative estimate of drug-likeness (QED) is 0.552. The third-order valence-corrected chi connectivity index (χ3v) is 4.64. The van der Waals surface area contributed by atoms with Gasteiger partial charge in [-0.25, -0.2) is 0 Å². The van der Waals surface area contributed by atoms with Crippen LogP contribution in [-0.2, 0) is 0 Å². The molecule has 0 saturated carbocycles. The van der Waals surface area contributed by atoms with Crippen LogP contribution in [0.2, 0.25) is 0 Å². The fourth-order valence-corrected chi connectivity index (χ4v) is 3.63. The van der Waals surface area contributed by atoms with Crippen LogP contribution in [0.25, 0.3) is 0 Å². The Bertz CT molecular complexity index is 61.4. The van der Waals surface area contributed by atoms with E-state index in [1.807, 2.05) is 23.5 Å². The molecular formula is C5H9ClS2. The summed E-state index contributed by atoms with van der Waals surface area (Å²) >= 11 is 9.63. The van der Waals surface area contributed by atoms with E-state index in [9.17, 15) is 0 Å². The van der Waals surface area contributed by atoms with Crippen LogP contribution in [0.3, 0.4) is 0 Å². The molecule has 0 radical (unpaired) electrons. The highest BCUT2D eigenvalue weighted by atomic mass is 35.5. The standard InChI is InChI=1S/C5H9ClS2/c6-4-5-7-2-1-3-8-5/h5H,1-4H2. The summed E-state index contributed by atoms with van der Waals surface area (Å²) in [6.07, 6.45) is 1.36. The maximum Gasteiger partial charge on any atom is 0.0637 e. The molecule has 0 aliphatic carbocycles. The second-order valence-electron chi connectivity index (χ2n) is 1.68. The first-order valence-electron chi connectivity index (χ1n) is 2.72. The highest BCUT2D eigenvalue weighted by molar-refractivity contribution is 8.17. The molecule has 0 aromatic carbocycles. The van der Waals surface area contributed by atoms with Gasteiger partial charge in [0, 0.05) is 5.88 Å². The molecule has 1 aliphatic heterocycles. The number of thioether (sulfide) groups is 2. The fraction of sp³-hybridized carbons (Fsp3) is 1.00. The van der Waals surface area contributed by atoms with Gasteiger partial charge in [0.2, 0.25) is 0 Å². The van der Waals surface area contributed by atoms with Gasteiger partial charge in [-0.15, -0.1) is 35.1 Å². The van der Waals surface area contributed by atoms with Gasteiger partial charge in [-0.1, -0.05) is 0 Å². The van der Waals surface area contributed by atoms with Gasteiger partial charge in [-0.05, 0) is 17.9 Å². The summed E-state index contributed by atoms with van der Waals surface area (Å²) in [5.74, 6) is 3.43. The molecule has 3 heteroatoms. The predicted octanol–water partition coefficient (Wildman–Crippen LogP) is 2.42. The zero-order chi connectivity index (χ0) is 5.82. The van der Waals surface area contributed by atoms with Crippen molar-refractivity contribution in [1.82, 2.24) is 0 Å². The van der Waals surface area contributed by atoms with Crippen LogP contribution in [0.5, 0.6) is 0 Å². The maximum atomic E-state index is 5.64. The van der Waals surface area contributed by atoms with E-state index in [1.54, 1.807) is 0 Å². The molecule has 48 valence electrons. The van der Waals surface area contributed by atoms with Crippen molar-refractivity contribution in [2.75, 3.05) is 17.4 Å². The molecule has 0 nitrogen and oxygen atoms in total. The molecule has 0 aromatic heterocycles. The minimum atomic E-state index is 0.686. The molecule has 1 rings (SSSR count). The average Bonchev–Trinajstić information content (AvgIpc) is 1.90. The number of hydrogen-bond donors (Lipinski definition) is 0. The van der Waals surface area contributed by atoms with Crippen LogP contribution < -0.4 is 0 Å². The normalized spacial score (nSPS) is 23.6. The van der Waals surface area contributed by atoms with E-state index < -0.39 is 0 Å². The molecule has 0 aromatic rings. The average molecular weight is 169 g/mol. The Hall–Kier alpha value is 0.990. The minimum absolute atomic E-state index is 0.686. The first-order chi connectivity index (χ1) is 3.93. The Morgan fingerprint density at radius 3 is 2.38 bits per heavy atom. The van der Waals surface area contributed by atoms with Gasteiger partial charge in [0.25, 0.3) is 0 Å². The van der Waals surface area contributed by atoms with E-state index in [2.05, 4.69) is 0 Å². The van der Waals surface area contributed by atoms with E-state index in [0.717, 1.165) is 5.88 Å². The molecule has 1 aliphatic rings. The van der Waals surface area contributed by atoms with Gasteiger partial charge in [0.05, 0.1) is 4.58 Å². The molecule has 1 fully saturated rings. The zero-order valence-corrected chi connectivity index (χ0v) is 6.99. The smallest absolute Gasteiger partial charge is 0.0637 e. The van der Waals surface area contributed by atoms with Crippen molar-refractivity contribution in [3.05, 3.63) is 0 Å². The van der Waals surface area contributed by atoms with E-state index >= 15 is 0 Å². The molecule has 8 heavy (non-hydrogen) atoms. The zero-order valence-electron chi connectivity index (χ0n) is 4.60. The van der Waals surface area contributed by atoms with Gasteiger partial charge in [-0.3, -0.25) is 0 Å². The lowest BCUT2D eigenvalue weighted by molar-refractivity contribution is 1.10. The van der Waals surface area contributed by atoms with Crippen molar-refractivity contribution in [2.24, 2.45) is 0 Å². The summed E-state index contributed by atoms with van der Waals surface area (Å²) in [6, 6.07) is 0. The van der Waals surface area contributed by atoms with Gasteiger partial charge >= 0.3 is 0 Å². The Morgan fingerprint density at radius 1 is 1.38 bits per heavy atom. The number of rotatable bonds is 1. The number of alkyl halides is 1. The lowest BCUT2D eigenvalue weighted by Crippen LogP contribution is -2.07. The van der Waals surface area contributed by atoms with Crippen molar-refractivity contribution < 1.29 is 0 Å². The molecule has 1 saturated heterocycles. The molecule has 0 spiro atoms. The summed E-state index contributed by atoms with van der Waals surface area (Å²) in [4.78, 5) is 0. The van der Waals surface area contributed by atoms with E-state index in [4.69, 9.17) is 11.6 Å². The van der Waals surface area contributed by atoms with Crippen LogP contribution in [0, 0.1) is 0 Å². The summed E-state index contributed by atoms with van der Waals surface area (Å²) < 4.78 is 0.686. The first kappa shape index (κ1) is 7.10. The Morgan fingerprint density at radius 2 is 2.00 bits per heavy atom. The monoisotopic (exact) mass is 168 g/mol. The molecule has 0 N–H and O–H groups in total. The Kier molecular flexibility index (Phi) is 3.47. The van der Waals surface area contributed by atoms with E-state index in [0.29, 0.717) is 4.58 Å². The van der Waals surface area contributed by atoms with Crippen LogP contribution in [0.4, 0.5) is 0 Å². The van der Waals surface area contributed by atoms with Crippen LogP contribution >= 0.6 is 35.1 Å². The highest BCUT2D eigenvalue weighted by Gasteiger charge is 2.11. The van der Waals surface area contributed by atoms with Crippen molar-refractivity contribution in [2.45, 2.75) is 11.0 Å². The van der Waals surface area contributed by atoms with Crippen LogP contribution in [-0.4, -0.2) is 22.0 Å². The van der Waals surface area contributed by atoms with Gasteiger partial charge < -0.3 is 0 Å². The van der Waals surface area contributed by atoms with Crippen molar-refractivity contribution in [1.29, 1.82) is 0 Å². The molecule has 0 atom stereocenters. The lowest BCUT2D eigenvalue weighted by atomic mass is 10.6. The van der Waals surface area contributed by atoms with E-state index in [1.165, 1.54) is 17.9 Å². The largest absolute Gasteiger partial charge is 0.146 e. The summed E-state index contributed by atoms with van der Waals surface area (Å²) in [7, 11) is 0. The molecule has 0 amide bonds. The molecule has 0 unspecified atom stereocenters. The summed E-state index contributed by atoms with van der Waals surface area (Å²) in [6.45, 7) is 0. The highest BCUT2D eigenvalue weighted by Crippen LogP contribution is 2.30. The van der Waals surface area contributed by atoms with E-state index in [-0.39, 0.29) is 0 Å². The number of halogens is 1. The molecular weight excluding hydrogens is 160 g/mol. The fourth-order valence-electron chi connectivity index (χ4n) is 0.626. The predicted molar refractivity (Wildman–Crippen MR) is 44.0 cm³/mol. The Balaban J connectivity index is 2.13.